The minimum atomic E-state index is -5.31. The van der Waals surface area contributed by atoms with Crippen molar-refractivity contribution in [2.45, 2.75) is 42.3 Å². The number of β-amino-alcohol motifs (C(OH)–C–C–N with tert-alkyl or cyclic N) is 1. The van der Waals surface area contributed by atoms with Gasteiger partial charge in [-0.2, -0.15) is 0 Å². The third-order valence-electron chi connectivity index (χ3n) is 8.36. The average molecular weight is 724 g/mol. The Morgan fingerprint density at radius 3 is 2.37 bits per heavy atom. The van der Waals surface area contributed by atoms with Gasteiger partial charge in [-0.15, -0.1) is 13.2 Å². The number of carbonyl (C=O) groups is 2. The molecule has 5 rings (SSSR count). The molecule has 3 atom stereocenters. The summed E-state index contributed by atoms with van der Waals surface area (Å²) in [6, 6.07) is 10.3. The monoisotopic (exact) mass is 723 g/mol. The highest BCUT2D eigenvalue weighted by molar-refractivity contribution is 7.93. The Kier molecular flexibility index (Phi) is 9.69. The summed E-state index contributed by atoms with van der Waals surface area (Å²) >= 11 is 6.51. The third kappa shape index (κ3) is 6.20. The molecule has 262 valence electrons. The van der Waals surface area contributed by atoms with Gasteiger partial charge in [-0.05, 0) is 61.4 Å². The van der Waals surface area contributed by atoms with Crippen LogP contribution in [0.15, 0.2) is 65.6 Å². The van der Waals surface area contributed by atoms with E-state index < -0.39 is 56.5 Å². The van der Waals surface area contributed by atoms with E-state index >= 15 is 4.79 Å². The Labute approximate surface area is 286 Å². The van der Waals surface area contributed by atoms with Crippen LogP contribution in [0.1, 0.15) is 30.0 Å². The molecule has 0 spiro atoms. The molecule has 0 saturated carbocycles. The molecule has 1 N–H and O–H groups in total. The summed E-state index contributed by atoms with van der Waals surface area (Å²) in [6.45, 7) is 1.49. The number of likely N-dealkylation sites (N-methyl/N-ethyl adjacent to an activating group) is 1. The summed E-state index contributed by atoms with van der Waals surface area (Å²) in [4.78, 5) is 30.8. The van der Waals surface area contributed by atoms with Gasteiger partial charge in [-0.25, -0.2) is 12.7 Å². The second-order valence-corrected chi connectivity index (χ2v) is 13.7. The summed E-state index contributed by atoms with van der Waals surface area (Å²) in [5, 5.41) is 11.1. The number of fused-ring (bicyclic) bond motifs is 1. The predicted octanol–water partition coefficient (Wildman–Crippen LogP) is 4.79. The van der Waals surface area contributed by atoms with Gasteiger partial charge in [-0.3, -0.25) is 14.5 Å². The fraction of sp³-hybridized carbons (Fsp3) is 0.333. The highest BCUT2D eigenvalue weighted by Crippen LogP contribution is 2.55. The van der Waals surface area contributed by atoms with Crippen molar-refractivity contribution < 1.29 is 50.5 Å². The number of allylic oxidation sites excluding steroid dienone is 1. The van der Waals surface area contributed by atoms with E-state index in [9.17, 15) is 31.5 Å². The zero-order valence-corrected chi connectivity index (χ0v) is 28.6. The normalized spacial score (nSPS) is 21.3. The molecule has 1 fully saturated rings. The third-order valence-corrected chi connectivity index (χ3v) is 10.3. The minimum Gasteiger partial charge on any atom is -0.497 e. The smallest absolute Gasteiger partial charge is 0.497 e. The van der Waals surface area contributed by atoms with Gasteiger partial charge in [0.15, 0.2) is 11.3 Å². The summed E-state index contributed by atoms with van der Waals surface area (Å²) in [5.74, 6) is -2.84. The topological polar surface area (TPSA) is 126 Å². The summed E-state index contributed by atoms with van der Waals surface area (Å²) in [5.41, 5.74) is -1.81. The number of methoxy groups -OCH3 is 2. The van der Waals surface area contributed by atoms with Crippen LogP contribution >= 0.6 is 11.6 Å². The van der Waals surface area contributed by atoms with E-state index in [0.29, 0.717) is 9.87 Å². The van der Waals surface area contributed by atoms with Crippen LogP contribution in [0.3, 0.4) is 0 Å². The number of benzene rings is 3. The van der Waals surface area contributed by atoms with E-state index in [1.54, 1.807) is 37.3 Å². The number of nitrogens with zero attached hydrogens (tertiary/aromatic N) is 3. The molecule has 16 heteroatoms. The maximum Gasteiger partial charge on any atom is 0.573 e. The van der Waals surface area contributed by atoms with Crippen molar-refractivity contribution in [1.82, 2.24) is 9.80 Å². The van der Waals surface area contributed by atoms with Crippen molar-refractivity contribution in [1.29, 1.82) is 0 Å². The van der Waals surface area contributed by atoms with Gasteiger partial charge in [0.25, 0.3) is 15.9 Å². The molecule has 49 heavy (non-hydrogen) atoms. The zero-order valence-electron chi connectivity index (χ0n) is 27.0. The first-order valence-electron chi connectivity index (χ1n) is 14.8. The lowest BCUT2D eigenvalue weighted by Gasteiger charge is -2.42. The van der Waals surface area contributed by atoms with E-state index in [1.165, 1.54) is 56.3 Å². The molecule has 3 aromatic carbocycles. The lowest BCUT2D eigenvalue weighted by molar-refractivity contribution is -0.275. The maximum atomic E-state index is 15.4. The standard InChI is InChI=1S/C33H33ClF3N3O8S/c1-6-7-19-8-12-27(47-5)24(14-19)32(39-18-21(41)16-26(39)30(42)38(2)3)23-15-20(34)9-11-25(23)40(31(32)43)49(44,45)29-13-10-22(46-4)17-28(29)48-33(35,36)37/h6-15,17,21,26,41H,16,18H2,1-5H3/b7-6+/t21-,26+,32?/m1/s1. The number of amides is 2. The Hall–Kier alpha value is -4.31. The van der Waals surface area contributed by atoms with Gasteiger partial charge < -0.3 is 24.2 Å². The molecule has 1 unspecified atom stereocenters. The van der Waals surface area contributed by atoms with E-state index in [2.05, 4.69) is 4.74 Å². The molecule has 2 heterocycles. The lowest BCUT2D eigenvalue weighted by Crippen LogP contribution is -2.59. The van der Waals surface area contributed by atoms with Gasteiger partial charge in [0.2, 0.25) is 5.91 Å². The Morgan fingerprint density at radius 1 is 1.04 bits per heavy atom. The molecular formula is C33H33ClF3N3O8S. The number of ether oxygens (including phenoxy) is 3. The summed E-state index contributed by atoms with van der Waals surface area (Å²) in [7, 11) is 0.265. The molecule has 1 saturated heterocycles. The first-order chi connectivity index (χ1) is 23.0. The van der Waals surface area contributed by atoms with Crippen LogP contribution in [0.4, 0.5) is 18.9 Å². The largest absolute Gasteiger partial charge is 0.573 e. The van der Waals surface area contributed by atoms with Crippen molar-refractivity contribution in [3.8, 4) is 17.2 Å². The van der Waals surface area contributed by atoms with Crippen molar-refractivity contribution in [3.63, 3.8) is 0 Å². The van der Waals surface area contributed by atoms with E-state index in [0.717, 1.165) is 18.2 Å². The quantitative estimate of drug-likeness (QED) is 0.332. The number of halogens is 4. The number of aliphatic hydroxyl groups is 1. The van der Waals surface area contributed by atoms with Crippen molar-refractivity contribution in [3.05, 3.63) is 82.4 Å². The second-order valence-electron chi connectivity index (χ2n) is 11.6. The number of carbonyl (C=O) groups excluding carboxylic acids is 2. The molecule has 2 aliphatic rings. The lowest BCUT2D eigenvalue weighted by atomic mass is 9.80. The van der Waals surface area contributed by atoms with Gasteiger partial charge in [0, 0.05) is 42.9 Å². The maximum absolute atomic E-state index is 15.4. The van der Waals surface area contributed by atoms with Crippen LogP contribution in [-0.4, -0.2) is 88.5 Å². The Balaban J connectivity index is 1.90. The number of hydrogen-bond acceptors (Lipinski definition) is 9. The van der Waals surface area contributed by atoms with Crippen LogP contribution in [0.25, 0.3) is 6.08 Å². The first-order valence-corrected chi connectivity index (χ1v) is 16.6. The summed E-state index contributed by atoms with van der Waals surface area (Å²) < 4.78 is 85.3. The summed E-state index contributed by atoms with van der Waals surface area (Å²) in [6.07, 6.45) is -3.10. The number of hydrogen-bond donors (Lipinski definition) is 1. The molecule has 11 nitrogen and oxygen atoms in total. The van der Waals surface area contributed by atoms with Crippen LogP contribution in [0.2, 0.25) is 5.02 Å². The number of aliphatic hydroxyl groups excluding tert-OH is 1. The zero-order chi connectivity index (χ0) is 36.1. The molecule has 0 bridgehead atoms. The van der Waals surface area contributed by atoms with Crippen LogP contribution in [0.5, 0.6) is 17.2 Å². The number of rotatable bonds is 9. The van der Waals surface area contributed by atoms with Crippen LogP contribution in [-0.2, 0) is 25.2 Å². The van der Waals surface area contributed by atoms with E-state index in [4.69, 9.17) is 21.1 Å². The molecule has 3 aromatic rings. The number of anilines is 1. The SMILES string of the molecule is C/C=C/c1ccc(OC)c(C2(N3C[C@H](O)C[C@H]3C(=O)N(C)C)C(=O)N(S(=O)(=O)c3ccc(OC)cc3OC(F)(F)F)c3ccc(Cl)cc32)c1. The number of likely N-dealkylation sites (tertiary alicyclic amines) is 1. The van der Waals surface area contributed by atoms with Gasteiger partial charge in [0.1, 0.15) is 16.4 Å². The van der Waals surface area contributed by atoms with Crippen LogP contribution < -0.4 is 18.5 Å². The number of alkyl halides is 3. The molecule has 2 amide bonds. The highest BCUT2D eigenvalue weighted by Gasteiger charge is 2.64. The Morgan fingerprint density at radius 2 is 1.76 bits per heavy atom. The highest BCUT2D eigenvalue weighted by atomic mass is 35.5. The fourth-order valence-electron chi connectivity index (χ4n) is 6.43. The fourth-order valence-corrected chi connectivity index (χ4v) is 8.16. The van der Waals surface area contributed by atoms with Crippen LogP contribution in [0, 0.1) is 0 Å². The first kappa shape index (κ1) is 36.0. The molecule has 2 aliphatic heterocycles. The molecular weight excluding hydrogens is 691 g/mol. The van der Waals surface area contributed by atoms with E-state index in [-0.39, 0.29) is 46.3 Å². The molecule has 0 aromatic heterocycles. The van der Waals surface area contributed by atoms with Gasteiger partial charge in [0.05, 0.1) is 32.1 Å². The van der Waals surface area contributed by atoms with E-state index in [1.807, 2.05) is 0 Å². The van der Waals surface area contributed by atoms with Crippen molar-refractivity contribution >= 4 is 45.2 Å². The average Bonchev–Trinajstić information content (AvgIpc) is 3.54. The second kappa shape index (κ2) is 13.2. The Bertz CT molecular complexity index is 1940. The minimum absolute atomic E-state index is 0.0121. The number of sulfonamides is 1. The molecule has 0 aliphatic carbocycles. The molecule has 0 radical (unpaired) electrons. The van der Waals surface area contributed by atoms with Crippen molar-refractivity contribution in [2.24, 2.45) is 0 Å². The van der Waals surface area contributed by atoms with Gasteiger partial charge in [-0.1, -0.05) is 29.8 Å². The van der Waals surface area contributed by atoms with Crippen molar-refractivity contribution in [2.75, 3.05) is 39.2 Å². The van der Waals surface area contributed by atoms with Gasteiger partial charge >= 0.3 is 6.36 Å². The predicted molar refractivity (Wildman–Crippen MR) is 174 cm³/mol.